The van der Waals surface area contributed by atoms with Crippen LogP contribution in [0.1, 0.15) is 49.8 Å². The van der Waals surface area contributed by atoms with E-state index in [2.05, 4.69) is 39.0 Å². The van der Waals surface area contributed by atoms with E-state index in [1.54, 1.807) is 0 Å². The molecule has 0 aromatic heterocycles. The maximum atomic E-state index is 13.5. The Bertz CT molecular complexity index is 1410. The summed E-state index contributed by atoms with van der Waals surface area (Å²) in [6.07, 6.45) is 2.55. The first kappa shape index (κ1) is 33.2. The average Bonchev–Trinajstić information content (AvgIpc) is 3.05. The van der Waals surface area contributed by atoms with Crippen molar-refractivity contribution in [3.63, 3.8) is 0 Å². The molecule has 9 heteroatoms. The van der Waals surface area contributed by atoms with Gasteiger partial charge in [-0.15, -0.1) is 0 Å². The molecule has 0 unspecified atom stereocenters. The van der Waals surface area contributed by atoms with Crippen LogP contribution in [0.3, 0.4) is 0 Å². The predicted molar refractivity (Wildman–Crippen MR) is 175 cm³/mol. The maximum Gasteiger partial charge on any atom is 0.408 e. The molecule has 0 bridgehead atoms. The second-order valence-corrected chi connectivity index (χ2v) is 11.8. The average molecular weight is 613 g/mol. The summed E-state index contributed by atoms with van der Waals surface area (Å²) < 4.78 is 5.33. The zero-order valence-electron chi connectivity index (χ0n) is 26.2. The standard InChI is InChI=1S/C36H44N4O5/c1-26(2)23-31(39-36(44)45-25-28-15-7-4-8-16-28)34(42)38-30(24-27-13-5-3-6-14-27)33(41)35(43)37-20-12-22-40-21-11-18-29-17-9-10-19-32(29)40/h3-10,13-17,19,26,30-31H,11-12,18,20-25H2,1-2H3,(H,37,43)(H,38,42)(H,39,44)/t30-,31-/m0/s1. The summed E-state index contributed by atoms with van der Waals surface area (Å²) in [6.45, 7) is 5.97. The van der Waals surface area contributed by atoms with E-state index in [4.69, 9.17) is 4.74 Å². The van der Waals surface area contributed by atoms with Crippen molar-refractivity contribution < 1.29 is 23.9 Å². The van der Waals surface area contributed by atoms with Crippen molar-refractivity contribution in [3.05, 3.63) is 102 Å². The molecule has 0 radical (unpaired) electrons. The SMILES string of the molecule is CC(C)C[C@H](NC(=O)OCc1ccccc1)C(=O)N[C@@H](Cc1ccccc1)C(=O)C(=O)NCCCN1CCCc2ccccc21. The molecule has 0 aliphatic carbocycles. The van der Waals surface area contributed by atoms with Gasteiger partial charge in [0, 0.05) is 31.7 Å². The Labute approximate surface area is 265 Å². The summed E-state index contributed by atoms with van der Waals surface area (Å²) in [5.74, 6) is -1.96. The van der Waals surface area contributed by atoms with E-state index in [1.165, 1.54) is 11.3 Å². The Kier molecular flexibility index (Phi) is 12.5. The van der Waals surface area contributed by atoms with Crippen molar-refractivity contribution in [2.24, 2.45) is 5.92 Å². The smallest absolute Gasteiger partial charge is 0.408 e. The number of hydrogen-bond acceptors (Lipinski definition) is 6. The molecule has 0 saturated heterocycles. The minimum absolute atomic E-state index is 0.0578. The van der Waals surface area contributed by atoms with Crippen LogP contribution in [0.4, 0.5) is 10.5 Å². The molecule has 1 aliphatic heterocycles. The van der Waals surface area contributed by atoms with Gasteiger partial charge in [-0.2, -0.15) is 0 Å². The van der Waals surface area contributed by atoms with Gasteiger partial charge < -0.3 is 25.6 Å². The van der Waals surface area contributed by atoms with E-state index in [0.717, 1.165) is 37.1 Å². The molecule has 0 saturated carbocycles. The second kappa shape index (κ2) is 17.0. The summed E-state index contributed by atoms with van der Waals surface area (Å²) >= 11 is 0. The van der Waals surface area contributed by atoms with Crippen LogP contribution < -0.4 is 20.9 Å². The van der Waals surface area contributed by atoms with Gasteiger partial charge in [0.1, 0.15) is 18.7 Å². The minimum Gasteiger partial charge on any atom is -0.445 e. The van der Waals surface area contributed by atoms with Gasteiger partial charge >= 0.3 is 6.09 Å². The first-order valence-electron chi connectivity index (χ1n) is 15.8. The molecule has 45 heavy (non-hydrogen) atoms. The number of ether oxygens (including phenoxy) is 1. The van der Waals surface area contributed by atoms with Crippen LogP contribution in [-0.4, -0.2) is 55.4 Å². The molecule has 1 heterocycles. The first-order valence-corrected chi connectivity index (χ1v) is 15.8. The number of nitrogens with one attached hydrogen (secondary N) is 3. The van der Waals surface area contributed by atoms with Gasteiger partial charge in [-0.05, 0) is 54.4 Å². The number of carbonyl (C=O) groups excluding carboxylic acids is 4. The highest BCUT2D eigenvalue weighted by atomic mass is 16.5. The Morgan fingerprint density at radius 2 is 1.49 bits per heavy atom. The molecule has 2 atom stereocenters. The molecule has 3 N–H and O–H groups in total. The van der Waals surface area contributed by atoms with E-state index in [9.17, 15) is 19.2 Å². The van der Waals surface area contributed by atoms with Gasteiger partial charge in [0.15, 0.2) is 0 Å². The fourth-order valence-corrected chi connectivity index (χ4v) is 5.50. The third-order valence-corrected chi connectivity index (χ3v) is 7.76. The van der Waals surface area contributed by atoms with Crippen molar-refractivity contribution in [1.82, 2.24) is 16.0 Å². The number of hydrogen-bond donors (Lipinski definition) is 3. The molecule has 3 aromatic carbocycles. The summed E-state index contributed by atoms with van der Waals surface area (Å²) in [7, 11) is 0. The predicted octanol–water partition coefficient (Wildman–Crippen LogP) is 4.58. The van der Waals surface area contributed by atoms with Crippen LogP contribution >= 0.6 is 0 Å². The number of Topliss-reactive ketones (excluding diaryl/α,β-unsaturated/α-hetero) is 1. The van der Waals surface area contributed by atoms with Crippen molar-refractivity contribution in [1.29, 1.82) is 0 Å². The quantitative estimate of drug-likeness (QED) is 0.171. The van der Waals surface area contributed by atoms with Crippen molar-refractivity contribution in [2.45, 2.75) is 64.6 Å². The monoisotopic (exact) mass is 612 g/mol. The van der Waals surface area contributed by atoms with Crippen molar-refractivity contribution in [2.75, 3.05) is 24.5 Å². The fourth-order valence-electron chi connectivity index (χ4n) is 5.50. The summed E-state index contributed by atoms with van der Waals surface area (Å²) in [6, 6.07) is 24.8. The number of para-hydroxylation sites is 1. The van der Waals surface area contributed by atoms with Crippen LogP contribution in [0, 0.1) is 5.92 Å². The Hall–Kier alpha value is -4.66. The minimum atomic E-state index is -1.11. The number of benzene rings is 3. The molecule has 4 rings (SSSR count). The molecule has 0 spiro atoms. The summed E-state index contributed by atoms with van der Waals surface area (Å²) in [4.78, 5) is 54.9. The lowest BCUT2D eigenvalue weighted by Gasteiger charge is -2.31. The number of amides is 3. The third kappa shape index (κ3) is 10.5. The third-order valence-electron chi connectivity index (χ3n) is 7.76. The topological polar surface area (TPSA) is 117 Å². The molecule has 9 nitrogen and oxygen atoms in total. The molecule has 3 aromatic rings. The van der Waals surface area contributed by atoms with E-state index in [1.807, 2.05) is 80.6 Å². The number of aryl methyl sites for hydroxylation is 1. The van der Waals surface area contributed by atoms with Gasteiger partial charge in [0.05, 0.1) is 0 Å². The molecule has 3 amide bonds. The van der Waals surface area contributed by atoms with E-state index in [0.29, 0.717) is 19.4 Å². The number of nitrogens with zero attached hydrogens (tertiary/aromatic N) is 1. The van der Waals surface area contributed by atoms with Crippen LogP contribution in [0.25, 0.3) is 0 Å². The van der Waals surface area contributed by atoms with Crippen LogP contribution in [0.2, 0.25) is 0 Å². The number of carbonyl (C=O) groups is 4. The Balaban J connectivity index is 1.35. The molecular formula is C36H44N4O5. The van der Waals surface area contributed by atoms with Gasteiger partial charge in [0.25, 0.3) is 5.91 Å². The summed E-state index contributed by atoms with van der Waals surface area (Å²) in [5.41, 5.74) is 4.17. The number of anilines is 1. The molecule has 0 fully saturated rings. The largest absolute Gasteiger partial charge is 0.445 e. The fraction of sp³-hybridized carbons (Fsp3) is 0.389. The molecule has 238 valence electrons. The lowest BCUT2D eigenvalue weighted by Crippen LogP contribution is -2.55. The van der Waals surface area contributed by atoms with Gasteiger partial charge in [0.2, 0.25) is 11.7 Å². The van der Waals surface area contributed by atoms with E-state index < -0.39 is 35.8 Å². The molecular weight excluding hydrogens is 568 g/mol. The maximum absolute atomic E-state index is 13.5. The van der Waals surface area contributed by atoms with Crippen molar-refractivity contribution in [3.8, 4) is 0 Å². The Morgan fingerprint density at radius 3 is 2.20 bits per heavy atom. The Morgan fingerprint density at radius 1 is 0.822 bits per heavy atom. The van der Waals surface area contributed by atoms with Crippen LogP contribution in [0.5, 0.6) is 0 Å². The normalized spacial score (nSPS) is 13.7. The number of fused-ring (bicyclic) bond motifs is 1. The summed E-state index contributed by atoms with van der Waals surface area (Å²) in [5, 5.41) is 8.16. The molecule has 1 aliphatic rings. The van der Waals surface area contributed by atoms with Gasteiger partial charge in [-0.1, -0.05) is 92.7 Å². The van der Waals surface area contributed by atoms with E-state index in [-0.39, 0.29) is 18.9 Å². The zero-order chi connectivity index (χ0) is 32.0. The van der Waals surface area contributed by atoms with Crippen LogP contribution in [-0.2, 0) is 38.6 Å². The lowest BCUT2D eigenvalue weighted by molar-refractivity contribution is -0.140. The highest BCUT2D eigenvalue weighted by molar-refractivity contribution is 6.38. The highest BCUT2D eigenvalue weighted by Gasteiger charge is 2.31. The number of ketones is 1. The zero-order valence-corrected chi connectivity index (χ0v) is 26.2. The van der Waals surface area contributed by atoms with E-state index >= 15 is 0 Å². The highest BCUT2D eigenvalue weighted by Crippen LogP contribution is 2.26. The van der Waals surface area contributed by atoms with Gasteiger partial charge in [-0.25, -0.2) is 4.79 Å². The van der Waals surface area contributed by atoms with Crippen molar-refractivity contribution >= 4 is 29.4 Å². The van der Waals surface area contributed by atoms with Gasteiger partial charge in [-0.3, -0.25) is 14.4 Å². The second-order valence-electron chi connectivity index (χ2n) is 11.8. The lowest BCUT2D eigenvalue weighted by atomic mass is 9.99. The van der Waals surface area contributed by atoms with Crippen LogP contribution in [0.15, 0.2) is 84.9 Å². The first-order chi connectivity index (χ1) is 21.8. The number of alkyl carbamates (subject to hydrolysis) is 1. The number of rotatable bonds is 15.